The van der Waals surface area contributed by atoms with Gasteiger partial charge in [-0.15, -0.1) is 0 Å². The third-order valence-corrected chi connectivity index (χ3v) is 5.25. The lowest BCUT2D eigenvalue weighted by Gasteiger charge is -2.28. The highest BCUT2D eigenvalue weighted by molar-refractivity contribution is 5.96. The first-order valence-electron chi connectivity index (χ1n) is 9.77. The van der Waals surface area contributed by atoms with Crippen LogP contribution in [0.25, 0.3) is 0 Å². The van der Waals surface area contributed by atoms with Crippen molar-refractivity contribution in [1.82, 2.24) is 20.3 Å². The molecule has 0 saturated carbocycles. The van der Waals surface area contributed by atoms with Gasteiger partial charge in [0.05, 0.1) is 42.4 Å². The highest BCUT2D eigenvalue weighted by atomic mass is 16.2. The molecule has 30 heavy (non-hydrogen) atoms. The highest BCUT2D eigenvalue weighted by Gasteiger charge is 2.39. The van der Waals surface area contributed by atoms with Crippen LogP contribution in [0.3, 0.4) is 0 Å². The molecule has 150 valence electrons. The Bertz CT molecular complexity index is 1070. The Hall–Kier alpha value is -4.00. The summed E-state index contributed by atoms with van der Waals surface area (Å²) in [4.78, 5) is 29.8. The van der Waals surface area contributed by atoms with Gasteiger partial charge in [0.15, 0.2) is 0 Å². The van der Waals surface area contributed by atoms with E-state index in [2.05, 4.69) is 25.2 Å². The molecule has 2 atom stereocenters. The van der Waals surface area contributed by atoms with Crippen LogP contribution in [0.1, 0.15) is 6.99 Å². The molecule has 7 heteroatoms. The van der Waals surface area contributed by atoms with E-state index in [1.807, 2.05) is 73.1 Å². The molecule has 4 heterocycles. The summed E-state index contributed by atoms with van der Waals surface area (Å²) in [6.45, 7) is 0.515. The molecule has 3 aromatic rings. The number of fused-ring (bicyclic) bond motifs is 1. The Balaban J connectivity index is 0.00000231. The molecular formula is C23H22N6O. The minimum absolute atomic E-state index is 0. The van der Waals surface area contributed by atoms with Gasteiger partial charge < -0.3 is 10.2 Å². The zero-order valence-electron chi connectivity index (χ0n) is 16.2. The van der Waals surface area contributed by atoms with Crippen molar-refractivity contribution in [1.29, 1.82) is 0 Å². The zero-order chi connectivity index (χ0) is 20.3. The van der Waals surface area contributed by atoms with Crippen molar-refractivity contribution in [2.75, 3.05) is 9.80 Å². The van der Waals surface area contributed by atoms with Crippen molar-refractivity contribution < 1.29 is 6.22 Å². The van der Waals surface area contributed by atoms with E-state index < -0.39 is 0 Å². The summed E-state index contributed by atoms with van der Waals surface area (Å²) in [5, 5.41) is 3.02. The SMILES string of the molecule is O=C1NC2C=CC=CC2N1c1ncccc1CN(c1cccnc1)c1cccnc1.[HH]. The number of nitrogens with zero attached hydrogens (tertiary/aromatic N) is 5. The molecule has 1 saturated heterocycles. The quantitative estimate of drug-likeness (QED) is 0.707. The van der Waals surface area contributed by atoms with Crippen molar-refractivity contribution in [2.24, 2.45) is 0 Å². The van der Waals surface area contributed by atoms with Crippen molar-refractivity contribution in [3.63, 3.8) is 0 Å². The normalized spacial score (nSPS) is 19.5. The summed E-state index contributed by atoms with van der Waals surface area (Å²) in [5.74, 6) is 0.653. The molecule has 0 spiro atoms. The first kappa shape index (κ1) is 18.1. The van der Waals surface area contributed by atoms with Gasteiger partial charge in [0, 0.05) is 25.6 Å². The minimum atomic E-state index is -0.143. The maximum Gasteiger partial charge on any atom is 0.324 e. The lowest BCUT2D eigenvalue weighted by atomic mass is 10.0. The van der Waals surface area contributed by atoms with E-state index in [1.54, 1.807) is 23.5 Å². The van der Waals surface area contributed by atoms with Crippen molar-refractivity contribution in [2.45, 2.75) is 18.6 Å². The number of aromatic nitrogens is 3. The summed E-state index contributed by atoms with van der Waals surface area (Å²) in [6.07, 6.45) is 16.8. The number of rotatable bonds is 5. The van der Waals surface area contributed by atoms with Crippen LogP contribution in [0.15, 0.2) is 91.7 Å². The van der Waals surface area contributed by atoms with Crippen LogP contribution in [0.2, 0.25) is 0 Å². The van der Waals surface area contributed by atoms with Gasteiger partial charge in [0.1, 0.15) is 5.82 Å². The molecule has 7 nitrogen and oxygen atoms in total. The third-order valence-electron chi connectivity index (χ3n) is 5.25. The van der Waals surface area contributed by atoms with E-state index in [0.29, 0.717) is 12.4 Å². The lowest BCUT2D eigenvalue weighted by Crippen LogP contribution is -2.37. The van der Waals surface area contributed by atoms with Gasteiger partial charge in [0.25, 0.3) is 0 Å². The molecule has 1 N–H and O–H groups in total. The first-order chi connectivity index (χ1) is 14.8. The molecule has 1 fully saturated rings. The van der Waals surface area contributed by atoms with Crippen molar-refractivity contribution in [3.05, 3.63) is 97.2 Å². The molecule has 5 rings (SSSR count). The van der Waals surface area contributed by atoms with Crippen molar-refractivity contribution >= 4 is 23.2 Å². The molecule has 0 bridgehead atoms. The van der Waals surface area contributed by atoms with E-state index in [-0.39, 0.29) is 19.5 Å². The highest BCUT2D eigenvalue weighted by Crippen LogP contribution is 2.32. The van der Waals surface area contributed by atoms with E-state index in [1.165, 1.54) is 0 Å². The van der Waals surface area contributed by atoms with Gasteiger partial charge in [-0.1, -0.05) is 30.4 Å². The fourth-order valence-electron chi connectivity index (χ4n) is 3.86. The third kappa shape index (κ3) is 3.30. The summed E-state index contributed by atoms with van der Waals surface area (Å²) in [6, 6.07) is 11.4. The number of carbonyl (C=O) groups excluding carboxylic acids is 1. The standard InChI is InChI=1S/C23H20N6O.H2/c30-23-27-20-9-1-2-10-21(20)29(23)22-17(6-3-13-26-22)16-28(18-7-4-11-24-14-18)19-8-5-12-25-15-19;/h1-15,20-21H,16H2,(H,27,30);1H. The van der Waals surface area contributed by atoms with Crippen LogP contribution in [0.4, 0.5) is 22.0 Å². The largest absolute Gasteiger partial charge is 0.334 e. The van der Waals surface area contributed by atoms with Gasteiger partial charge in [0.2, 0.25) is 0 Å². The average molecular weight is 398 g/mol. The molecule has 0 radical (unpaired) electrons. The Morgan fingerprint density at radius 2 is 1.67 bits per heavy atom. The van der Waals surface area contributed by atoms with Crippen LogP contribution in [0.5, 0.6) is 0 Å². The molecule has 3 aromatic heterocycles. The second-order valence-electron chi connectivity index (χ2n) is 7.10. The number of nitrogens with one attached hydrogen (secondary N) is 1. The molecule has 2 unspecified atom stereocenters. The summed E-state index contributed by atoms with van der Waals surface area (Å²) >= 11 is 0. The Labute approximate surface area is 175 Å². The molecule has 0 aromatic carbocycles. The predicted molar refractivity (Wildman–Crippen MR) is 118 cm³/mol. The van der Waals surface area contributed by atoms with Crippen LogP contribution in [-0.2, 0) is 6.54 Å². The summed E-state index contributed by atoms with van der Waals surface area (Å²) in [5.41, 5.74) is 2.80. The number of hydrogen-bond donors (Lipinski definition) is 1. The smallest absolute Gasteiger partial charge is 0.324 e. The van der Waals surface area contributed by atoms with E-state index in [0.717, 1.165) is 16.9 Å². The molecular weight excluding hydrogens is 376 g/mol. The second kappa shape index (κ2) is 7.79. The lowest BCUT2D eigenvalue weighted by molar-refractivity contribution is 0.251. The molecule has 1 aliphatic carbocycles. The molecule has 2 aliphatic rings. The fraction of sp³-hybridized carbons (Fsp3) is 0.130. The number of anilines is 3. The number of hydrogen-bond acceptors (Lipinski definition) is 5. The number of pyridine rings is 3. The summed E-state index contributed by atoms with van der Waals surface area (Å²) < 4.78 is 0. The average Bonchev–Trinajstić information content (AvgIpc) is 3.14. The van der Waals surface area contributed by atoms with Crippen LogP contribution in [-0.4, -0.2) is 33.1 Å². The van der Waals surface area contributed by atoms with Crippen LogP contribution in [0, 0.1) is 0 Å². The number of amides is 2. The fourth-order valence-corrected chi connectivity index (χ4v) is 3.86. The van der Waals surface area contributed by atoms with Crippen LogP contribution < -0.4 is 15.1 Å². The van der Waals surface area contributed by atoms with Crippen molar-refractivity contribution in [3.8, 4) is 0 Å². The van der Waals surface area contributed by atoms with Gasteiger partial charge in [-0.3, -0.25) is 14.9 Å². The number of allylic oxidation sites excluding steroid dienone is 2. The Kier molecular flexibility index (Phi) is 4.69. The maximum atomic E-state index is 12.8. The Morgan fingerprint density at radius 3 is 2.37 bits per heavy atom. The van der Waals surface area contributed by atoms with E-state index in [9.17, 15) is 4.79 Å². The molecule has 2 amide bonds. The van der Waals surface area contributed by atoms with Crippen LogP contribution >= 0.6 is 0 Å². The minimum Gasteiger partial charge on any atom is -0.334 e. The predicted octanol–water partition coefficient (Wildman–Crippen LogP) is 3.85. The monoisotopic (exact) mass is 398 g/mol. The maximum absolute atomic E-state index is 12.8. The number of carbonyl (C=O) groups is 1. The topological polar surface area (TPSA) is 74.2 Å². The molecule has 1 aliphatic heterocycles. The van der Waals surface area contributed by atoms with Gasteiger partial charge >= 0.3 is 6.03 Å². The van der Waals surface area contributed by atoms with E-state index >= 15 is 0 Å². The second-order valence-corrected chi connectivity index (χ2v) is 7.10. The van der Waals surface area contributed by atoms with Gasteiger partial charge in [-0.2, -0.15) is 0 Å². The summed E-state index contributed by atoms with van der Waals surface area (Å²) in [7, 11) is 0. The van der Waals surface area contributed by atoms with Gasteiger partial charge in [-0.25, -0.2) is 9.78 Å². The first-order valence-corrected chi connectivity index (χ1v) is 9.77. The van der Waals surface area contributed by atoms with E-state index in [4.69, 9.17) is 0 Å². The zero-order valence-corrected chi connectivity index (χ0v) is 16.2. The Morgan fingerprint density at radius 1 is 0.967 bits per heavy atom. The number of urea groups is 1. The van der Waals surface area contributed by atoms with Gasteiger partial charge in [-0.05, 0) is 30.3 Å².